The zero-order chi connectivity index (χ0) is 13.6. The van der Waals surface area contributed by atoms with E-state index in [9.17, 15) is 0 Å². The number of hydrogen-bond acceptors (Lipinski definition) is 1. The topological polar surface area (TPSA) is 26.0 Å². The van der Waals surface area contributed by atoms with Crippen molar-refractivity contribution >= 4 is 10.8 Å². The van der Waals surface area contributed by atoms with E-state index in [1.807, 2.05) is 0 Å². The van der Waals surface area contributed by atoms with Crippen LogP contribution in [0.2, 0.25) is 0 Å². The number of nitrogens with two attached hydrogens (primary N) is 1. The van der Waals surface area contributed by atoms with Crippen LogP contribution in [0, 0.1) is 5.41 Å². The molecule has 0 bridgehead atoms. The summed E-state index contributed by atoms with van der Waals surface area (Å²) in [5.74, 6) is 0. The molecule has 19 heavy (non-hydrogen) atoms. The van der Waals surface area contributed by atoms with Crippen molar-refractivity contribution < 1.29 is 0 Å². The van der Waals surface area contributed by atoms with Gasteiger partial charge in [-0.15, -0.1) is 0 Å². The maximum atomic E-state index is 6.57. The molecule has 0 saturated heterocycles. The minimum Gasteiger partial charge on any atom is -0.323 e. The summed E-state index contributed by atoms with van der Waals surface area (Å²) in [5, 5.41) is 2.85. The summed E-state index contributed by atoms with van der Waals surface area (Å²) in [7, 11) is 0. The summed E-state index contributed by atoms with van der Waals surface area (Å²) >= 11 is 0. The van der Waals surface area contributed by atoms with Gasteiger partial charge in [-0.1, -0.05) is 51.1 Å². The lowest BCUT2D eigenvalue weighted by atomic mass is 9.77. The molecule has 100 valence electrons. The highest BCUT2D eigenvalue weighted by molar-refractivity contribution is 5.93. The van der Waals surface area contributed by atoms with Gasteiger partial charge < -0.3 is 5.73 Å². The van der Waals surface area contributed by atoms with E-state index in [0.29, 0.717) is 0 Å². The lowest BCUT2D eigenvalue weighted by Gasteiger charge is -2.31. The molecule has 1 nitrogen and oxygen atoms in total. The highest BCUT2D eigenvalue weighted by Crippen LogP contribution is 2.40. The molecule has 2 N–H and O–H groups in total. The van der Waals surface area contributed by atoms with E-state index >= 15 is 0 Å². The number of hydrogen-bond donors (Lipinski definition) is 1. The van der Waals surface area contributed by atoms with Crippen LogP contribution in [0.25, 0.3) is 10.8 Å². The molecule has 0 spiro atoms. The zero-order valence-corrected chi connectivity index (χ0v) is 12.2. The number of rotatable bonds is 3. The molecule has 0 amide bonds. The molecule has 0 fully saturated rings. The largest absolute Gasteiger partial charge is 0.323 e. The quantitative estimate of drug-likeness (QED) is 0.863. The first kappa shape index (κ1) is 12.7. The Kier molecular flexibility index (Phi) is 2.90. The molecule has 1 atom stereocenters. The van der Waals surface area contributed by atoms with Crippen LogP contribution in [0.4, 0.5) is 0 Å². The predicted molar refractivity (Wildman–Crippen MR) is 82.4 cm³/mol. The summed E-state index contributed by atoms with van der Waals surface area (Å²) in [6.07, 6.45) is 3.46. The molecule has 0 saturated carbocycles. The highest BCUT2D eigenvalue weighted by Gasteiger charge is 2.28. The first-order chi connectivity index (χ1) is 9.04. The normalized spacial score (nSPS) is 16.0. The molecule has 1 unspecified atom stereocenters. The van der Waals surface area contributed by atoms with Gasteiger partial charge in [-0.3, -0.25) is 0 Å². The van der Waals surface area contributed by atoms with Gasteiger partial charge in [0.25, 0.3) is 0 Å². The first-order valence-electron chi connectivity index (χ1n) is 7.33. The Balaban J connectivity index is 2.22. The molecule has 1 aliphatic carbocycles. The Bertz CT molecular complexity index is 615. The third kappa shape index (κ3) is 1.88. The van der Waals surface area contributed by atoms with Gasteiger partial charge in [-0.05, 0) is 52.1 Å². The Morgan fingerprint density at radius 1 is 1.11 bits per heavy atom. The van der Waals surface area contributed by atoms with Crippen molar-refractivity contribution in [3.05, 3.63) is 47.0 Å². The second-order valence-electron chi connectivity index (χ2n) is 6.47. The van der Waals surface area contributed by atoms with Crippen LogP contribution in [0.5, 0.6) is 0 Å². The Hall–Kier alpha value is -1.34. The van der Waals surface area contributed by atoms with E-state index in [-0.39, 0.29) is 11.5 Å². The lowest BCUT2D eigenvalue weighted by molar-refractivity contribution is 0.280. The van der Waals surface area contributed by atoms with E-state index in [1.165, 1.54) is 40.3 Å². The van der Waals surface area contributed by atoms with Crippen molar-refractivity contribution in [3.63, 3.8) is 0 Å². The maximum absolute atomic E-state index is 6.57. The van der Waals surface area contributed by atoms with Crippen LogP contribution in [-0.2, 0) is 12.8 Å². The van der Waals surface area contributed by atoms with Crippen molar-refractivity contribution in [2.45, 2.75) is 46.1 Å². The van der Waals surface area contributed by atoms with Crippen LogP contribution >= 0.6 is 0 Å². The number of benzene rings is 2. The van der Waals surface area contributed by atoms with Gasteiger partial charge in [0.1, 0.15) is 0 Å². The van der Waals surface area contributed by atoms with Crippen molar-refractivity contribution in [1.82, 2.24) is 0 Å². The molecule has 0 heterocycles. The predicted octanol–water partition coefficient (Wildman–Crippen LogP) is 4.37. The minimum absolute atomic E-state index is 0.0994. The third-order valence-corrected chi connectivity index (χ3v) is 5.00. The molecule has 2 aromatic rings. The highest BCUT2D eigenvalue weighted by atomic mass is 14.7. The molecule has 0 aliphatic heterocycles. The average Bonchev–Trinajstić information content (AvgIpc) is 2.84. The third-order valence-electron chi connectivity index (χ3n) is 5.00. The van der Waals surface area contributed by atoms with Gasteiger partial charge in [-0.2, -0.15) is 0 Å². The molecular weight excluding hydrogens is 230 g/mol. The fourth-order valence-electron chi connectivity index (χ4n) is 3.18. The van der Waals surface area contributed by atoms with Crippen LogP contribution < -0.4 is 5.73 Å². The second-order valence-corrected chi connectivity index (χ2v) is 6.47. The van der Waals surface area contributed by atoms with E-state index in [4.69, 9.17) is 5.73 Å². The molecular formula is C18H23N. The Morgan fingerprint density at radius 3 is 2.47 bits per heavy atom. The van der Waals surface area contributed by atoms with Gasteiger partial charge in [0, 0.05) is 6.04 Å². The molecule has 1 aliphatic rings. The number of aryl methyl sites for hydroxylation is 2. The molecule has 0 radical (unpaired) electrons. The second kappa shape index (κ2) is 4.35. The van der Waals surface area contributed by atoms with E-state index in [1.54, 1.807) is 0 Å². The monoisotopic (exact) mass is 253 g/mol. The summed E-state index contributed by atoms with van der Waals surface area (Å²) < 4.78 is 0. The standard InChI is InChI=1S/C18H23N/c1-4-18(2,3)17(19)15-11-10-13-9-8-12-6-5-7-14(15)16(12)13/h5-7,10-11,17H,4,8-9,19H2,1-3H3. The van der Waals surface area contributed by atoms with E-state index in [0.717, 1.165) is 6.42 Å². The van der Waals surface area contributed by atoms with Gasteiger partial charge in [0.05, 0.1) is 0 Å². The van der Waals surface area contributed by atoms with Crippen LogP contribution in [0.3, 0.4) is 0 Å². The van der Waals surface area contributed by atoms with Gasteiger partial charge in [-0.25, -0.2) is 0 Å². The average molecular weight is 253 g/mol. The lowest BCUT2D eigenvalue weighted by Crippen LogP contribution is -2.28. The summed E-state index contributed by atoms with van der Waals surface area (Å²) in [6, 6.07) is 11.3. The molecule has 3 rings (SSSR count). The van der Waals surface area contributed by atoms with Crippen molar-refractivity contribution in [2.24, 2.45) is 11.1 Å². The van der Waals surface area contributed by atoms with Gasteiger partial charge >= 0.3 is 0 Å². The fraction of sp³-hybridized carbons (Fsp3) is 0.444. The molecule has 2 aromatic carbocycles. The Labute approximate surface area is 115 Å². The first-order valence-corrected chi connectivity index (χ1v) is 7.33. The Morgan fingerprint density at radius 2 is 1.79 bits per heavy atom. The van der Waals surface area contributed by atoms with E-state index in [2.05, 4.69) is 51.1 Å². The maximum Gasteiger partial charge on any atom is 0.0352 e. The van der Waals surface area contributed by atoms with Crippen LogP contribution in [0.1, 0.15) is 49.9 Å². The SMILES string of the molecule is CCC(C)(C)C(N)c1ccc2c3c(cccc13)CC2. The smallest absolute Gasteiger partial charge is 0.0352 e. The van der Waals surface area contributed by atoms with Gasteiger partial charge in [0.15, 0.2) is 0 Å². The fourth-order valence-corrected chi connectivity index (χ4v) is 3.18. The summed E-state index contributed by atoms with van der Waals surface area (Å²) in [4.78, 5) is 0. The minimum atomic E-state index is 0.0994. The van der Waals surface area contributed by atoms with Crippen molar-refractivity contribution in [1.29, 1.82) is 0 Å². The molecule has 0 aromatic heterocycles. The summed E-state index contributed by atoms with van der Waals surface area (Å²) in [6.45, 7) is 6.75. The molecule has 1 heteroatoms. The van der Waals surface area contributed by atoms with E-state index < -0.39 is 0 Å². The van der Waals surface area contributed by atoms with Crippen molar-refractivity contribution in [2.75, 3.05) is 0 Å². The zero-order valence-electron chi connectivity index (χ0n) is 12.2. The summed E-state index contributed by atoms with van der Waals surface area (Å²) in [5.41, 5.74) is 11.0. The van der Waals surface area contributed by atoms with Crippen molar-refractivity contribution in [3.8, 4) is 0 Å². The van der Waals surface area contributed by atoms with Crippen LogP contribution in [-0.4, -0.2) is 0 Å². The van der Waals surface area contributed by atoms with Gasteiger partial charge in [0.2, 0.25) is 0 Å². The van der Waals surface area contributed by atoms with Crippen LogP contribution in [0.15, 0.2) is 30.3 Å².